The van der Waals surface area contributed by atoms with Gasteiger partial charge in [-0.3, -0.25) is 4.79 Å². The molecule has 0 bridgehead atoms. The molecular weight excluding hydrogens is 500 g/mol. The number of nitrogens with one attached hydrogen (secondary N) is 2. The molecule has 3 heterocycles. The quantitative estimate of drug-likeness (QED) is 0.210. The van der Waals surface area contributed by atoms with Crippen LogP contribution >= 0.6 is 11.3 Å². The van der Waals surface area contributed by atoms with Gasteiger partial charge in [0, 0.05) is 46.1 Å². The summed E-state index contributed by atoms with van der Waals surface area (Å²) in [6.45, 7) is 0. The van der Waals surface area contributed by atoms with Crippen molar-refractivity contribution in [3.05, 3.63) is 70.5 Å². The van der Waals surface area contributed by atoms with Crippen molar-refractivity contribution in [2.45, 2.75) is 50.6 Å². The monoisotopic (exact) mass is 528 g/mol. The van der Waals surface area contributed by atoms with Crippen LogP contribution < -0.4 is 5.32 Å². The second-order valence-corrected chi connectivity index (χ2v) is 10.7. The number of aromatic hydroxyl groups is 1. The van der Waals surface area contributed by atoms with Gasteiger partial charge in [-0.15, -0.1) is 0 Å². The minimum absolute atomic E-state index is 0.0748. The van der Waals surface area contributed by atoms with Crippen molar-refractivity contribution < 1.29 is 19.8 Å². The molecule has 6 rings (SSSR count). The molecule has 8 nitrogen and oxygen atoms in total. The topological polar surface area (TPSA) is 120 Å². The number of aromatic amines is 1. The molecule has 4 N–H and O–H groups in total. The van der Waals surface area contributed by atoms with Crippen LogP contribution in [0.5, 0.6) is 5.75 Å². The number of carbonyl (C=O) groups is 2. The van der Waals surface area contributed by atoms with Crippen molar-refractivity contribution in [2.75, 3.05) is 0 Å². The summed E-state index contributed by atoms with van der Waals surface area (Å²) in [7, 11) is 0. The molecule has 0 aliphatic heterocycles. The van der Waals surface area contributed by atoms with Crippen molar-refractivity contribution in [1.82, 2.24) is 19.9 Å². The number of amides is 1. The highest BCUT2D eigenvalue weighted by molar-refractivity contribution is 7.08. The van der Waals surface area contributed by atoms with E-state index in [9.17, 15) is 19.8 Å². The van der Waals surface area contributed by atoms with Gasteiger partial charge in [-0.2, -0.15) is 11.3 Å². The molecule has 1 atom stereocenters. The summed E-state index contributed by atoms with van der Waals surface area (Å²) in [6, 6.07) is 11.6. The second-order valence-electron chi connectivity index (χ2n) is 9.92. The molecular formula is C29H28N4O4S. The normalized spacial score (nSPS) is 15.2. The fraction of sp³-hybridized carbons (Fsp3) is 0.276. The largest absolute Gasteiger partial charge is 0.508 e. The molecule has 5 aromatic rings. The fourth-order valence-corrected chi connectivity index (χ4v) is 6.18. The number of carbonyl (C=O) groups excluding carboxylic acids is 1. The van der Waals surface area contributed by atoms with Crippen LogP contribution in [0.2, 0.25) is 0 Å². The number of hydrogen-bond donors (Lipinski definition) is 4. The third-order valence-electron chi connectivity index (χ3n) is 7.45. The number of phenolic OH excluding ortho intramolecular Hbond substituents is 1. The standard InChI is InChI=1S/C29H28N4O4S/c34-21-7-8-23-22(14-21)19(15-30-23)13-25(29(36)37)32-28(35)17-6-9-26-24(12-17)31-27(18-10-11-38-16-18)33(26)20-4-2-1-3-5-20/h6-12,14-16,20,25,30,34H,1-5,13H2,(H,32,35)(H,36,37)/t25-/m0/s1. The van der Waals surface area contributed by atoms with E-state index in [4.69, 9.17) is 4.98 Å². The van der Waals surface area contributed by atoms with Gasteiger partial charge in [0.15, 0.2) is 0 Å². The molecule has 1 saturated carbocycles. The van der Waals surface area contributed by atoms with Gasteiger partial charge in [0.05, 0.1) is 11.0 Å². The Labute approximate surface area is 223 Å². The van der Waals surface area contributed by atoms with Crippen LogP contribution in [-0.4, -0.2) is 42.7 Å². The number of imidazole rings is 1. The maximum Gasteiger partial charge on any atom is 0.326 e. The Morgan fingerprint density at radius 1 is 1.13 bits per heavy atom. The minimum atomic E-state index is -1.14. The summed E-state index contributed by atoms with van der Waals surface area (Å²) >= 11 is 1.63. The number of carboxylic acids is 1. The highest BCUT2D eigenvalue weighted by atomic mass is 32.1. The van der Waals surface area contributed by atoms with Crippen molar-refractivity contribution >= 4 is 45.1 Å². The van der Waals surface area contributed by atoms with E-state index in [-0.39, 0.29) is 12.2 Å². The van der Waals surface area contributed by atoms with Crippen LogP contribution in [-0.2, 0) is 11.2 Å². The van der Waals surface area contributed by atoms with E-state index in [0.29, 0.717) is 17.2 Å². The Morgan fingerprint density at radius 3 is 2.74 bits per heavy atom. The number of thiophene rings is 1. The number of nitrogens with zero attached hydrogens (tertiary/aromatic N) is 2. The first kappa shape index (κ1) is 24.2. The smallest absolute Gasteiger partial charge is 0.326 e. The summed E-state index contributed by atoms with van der Waals surface area (Å²) in [6.07, 6.45) is 7.65. The molecule has 0 unspecified atom stereocenters. The molecule has 0 spiro atoms. The summed E-state index contributed by atoms with van der Waals surface area (Å²) < 4.78 is 2.32. The first-order valence-electron chi connectivity index (χ1n) is 12.8. The summed E-state index contributed by atoms with van der Waals surface area (Å²) in [5.74, 6) is -0.588. The predicted molar refractivity (Wildman–Crippen MR) is 148 cm³/mol. The molecule has 1 aliphatic rings. The number of phenols is 1. The SMILES string of the molecule is O=C(N[C@@H](Cc1c[nH]c2ccc(O)cc12)C(=O)O)c1ccc2c(c1)nc(-c1ccsc1)n2C1CCCCC1. The van der Waals surface area contributed by atoms with Crippen LogP contribution in [0.1, 0.15) is 54.1 Å². The number of fused-ring (bicyclic) bond motifs is 2. The maximum absolute atomic E-state index is 13.2. The first-order valence-corrected chi connectivity index (χ1v) is 13.8. The lowest BCUT2D eigenvalue weighted by Crippen LogP contribution is -2.42. The predicted octanol–water partition coefficient (Wildman–Crippen LogP) is 5.88. The summed E-state index contributed by atoms with van der Waals surface area (Å²) in [4.78, 5) is 33.3. The van der Waals surface area contributed by atoms with E-state index in [1.165, 1.54) is 19.3 Å². The molecule has 0 radical (unpaired) electrons. The fourth-order valence-electron chi connectivity index (χ4n) is 5.54. The Morgan fingerprint density at radius 2 is 1.97 bits per heavy atom. The molecule has 1 fully saturated rings. The van der Waals surface area contributed by atoms with E-state index in [2.05, 4.69) is 26.3 Å². The number of benzene rings is 2. The van der Waals surface area contributed by atoms with Gasteiger partial charge in [-0.25, -0.2) is 9.78 Å². The van der Waals surface area contributed by atoms with Crippen LogP contribution in [0.3, 0.4) is 0 Å². The van der Waals surface area contributed by atoms with Gasteiger partial charge < -0.3 is 25.1 Å². The first-order chi connectivity index (χ1) is 18.5. The van der Waals surface area contributed by atoms with Gasteiger partial charge in [0.1, 0.15) is 17.6 Å². The van der Waals surface area contributed by atoms with E-state index in [0.717, 1.165) is 46.2 Å². The number of H-pyrrole nitrogens is 1. The Bertz CT molecular complexity index is 1630. The van der Waals surface area contributed by atoms with Gasteiger partial charge in [0.2, 0.25) is 0 Å². The third-order valence-corrected chi connectivity index (χ3v) is 8.13. The molecule has 9 heteroatoms. The van der Waals surface area contributed by atoms with E-state index >= 15 is 0 Å². The van der Waals surface area contributed by atoms with Crippen LogP contribution in [0.25, 0.3) is 33.3 Å². The molecule has 194 valence electrons. The average molecular weight is 529 g/mol. The third kappa shape index (κ3) is 4.54. The average Bonchev–Trinajstić information content (AvgIpc) is 3.67. The van der Waals surface area contributed by atoms with Crippen LogP contribution in [0.4, 0.5) is 0 Å². The number of rotatable bonds is 7. The van der Waals surface area contributed by atoms with Gasteiger partial charge in [0.25, 0.3) is 5.91 Å². The zero-order valence-corrected chi connectivity index (χ0v) is 21.5. The number of carboxylic acid groups (broad SMARTS) is 1. The lowest BCUT2D eigenvalue weighted by atomic mass is 9.95. The second kappa shape index (κ2) is 9.98. The highest BCUT2D eigenvalue weighted by Crippen LogP contribution is 2.36. The molecule has 1 aliphatic carbocycles. The number of hydrogen-bond acceptors (Lipinski definition) is 5. The van der Waals surface area contributed by atoms with E-state index < -0.39 is 17.9 Å². The lowest BCUT2D eigenvalue weighted by Gasteiger charge is -2.25. The number of aromatic nitrogens is 3. The lowest BCUT2D eigenvalue weighted by molar-refractivity contribution is -0.139. The Kier molecular flexibility index (Phi) is 6.37. The zero-order chi connectivity index (χ0) is 26.2. The van der Waals surface area contributed by atoms with Crippen molar-refractivity contribution in [1.29, 1.82) is 0 Å². The van der Waals surface area contributed by atoms with Crippen molar-refractivity contribution in [2.24, 2.45) is 0 Å². The molecule has 1 amide bonds. The Balaban J connectivity index is 1.29. The van der Waals surface area contributed by atoms with E-state index in [1.807, 2.05) is 11.4 Å². The van der Waals surface area contributed by atoms with Gasteiger partial charge in [-0.05, 0) is 66.2 Å². The molecule has 3 aromatic heterocycles. The van der Waals surface area contributed by atoms with Gasteiger partial charge in [-0.1, -0.05) is 19.3 Å². The maximum atomic E-state index is 13.2. The summed E-state index contributed by atoms with van der Waals surface area (Å²) in [5, 5.41) is 27.3. The summed E-state index contributed by atoms with van der Waals surface area (Å²) in [5.41, 5.74) is 4.63. The Hall–Kier alpha value is -4.11. The molecule has 0 saturated heterocycles. The van der Waals surface area contributed by atoms with E-state index in [1.54, 1.807) is 47.9 Å². The van der Waals surface area contributed by atoms with Crippen LogP contribution in [0, 0.1) is 0 Å². The van der Waals surface area contributed by atoms with Gasteiger partial charge >= 0.3 is 5.97 Å². The highest BCUT2D eigenvalue weighted by Gasteiger charge is 2.25. The number of aliphatic carboxylic acids is 1. The van der Waals surface area contributed by atoms with Crippen LogP contribution in [0.15, 0.2) is 59.4 Å². The zero-order valence-electron chi connectivity index (χ0n) is 20.7. The van der Waals surface area contributed by atoms with Crippen molar-refractivity contribution in [3.63, 3.8) is 0 Å². The minimum Gasteiger partial charge on any atom is -0.508 e. The molecule has 2 aromatic carbocycles. The molecule has 38 heavy (non-hydrogen) atoms. The van der Waals surface area contributed by atoms with Crippen molar-refractivity contribution in [3.8, 4) is 17.1 Å².